The van der Waals surface area contributed by atoms with Crippen molar-refractivity contribution < 1.29 is 23.5 Å². The van der Waals surface area contributed by atoms with Gasteiger partial charge in [-0.1, -0.05) is 26.0 Å². The average molecular weight is 619 g/mol. The average Bonchev–Trinajstić information content (AvgIpc) is 3.43. The Morgan fingerprint density at radius 3 is 2.51 bits per heavy atom. The fourth-order valence-corrected chi connectivity index (χ4v) is 4.24. The molecule has 0 aliphatic heterocycles. The number of nitrogens with one attached hydrogen (secondary N) is 3. The largest absolute Gasteiger partial charge is 0.473 e. The molecule has 0 radical (unpaired) electrons. The Balaban J connectivity index is 1.48. The molecule has 238 valence electrons. The van der Waals surface area contributed by atoms with E-state index in [2.05, 4.69) is 26.0 Å². The third kappa shape index (κ3) is 9.08. The van der Waals surface area contributed by atoms with Crippen LogP contribution in [0.25, 0.3) is 5.65 Å². The molecule has 0 atom stereocenters. The molecular weight excluding hydrogens is 579 g/mol. The van der Waals surface area contributed by atoms with Crippen molar-refractivity contribution in [3.05, 3.63) is 83.8 Å². The number of benzene rings is 2. The molecule has 0 saturated heterocycles. The molecule has 45 heavy (non-hydrogen) atoms. The van der Waals surface area contributed by atoms with E-state index in [1.807, 2.05) is 32.8 Å². The predicted molar refractivity (Wildman–Crippen MR) is 173 cm³/mol. The van der Waals surface area contributed by atoms with Crippen LogP contribution in [0.4, 0.5) is 27.3 Å². The summed E-state index contributed by atoms with van der Waals surface area (Å²) in [6.45, 7) is 5.71. The molecule has 0 spiro atoms. The number of fused-ring (bicyclic) bond motifs is 1. The van der Waals surface area contributed by atoms with Gasteiger partial charge in [0.25, 0.3) is 11.8 Å². The van der Waals surface area contributed by atoms with Gasteiger partial charge in [0.15, 0.2) is 11.5 Å². The van der Waals surface area contributed by atoms with Crippen LogP contribution in [-0.2, 0) is 9.53 Å². The van der Waals surface area contributed by atoms with Gasteiger partial charge in [0.2, 0.25) is 11.7 Å². The zero-order chi connectivity index (χ0) is 32.3. The molecule has 0 aliphatic carbocycles. The number of anilines is 4. The second-order valence-corrected chi connectivity index (χ2v) is 10.7. The van der Waals surface area contributed by atoms with E-state index in [0.717, 1.165) is 5.56 Å². The van der Waals surface area contributed by atoms with Gasteiger partial charge in [0.05, 0.1) is 19.4 Å². The van der Waals surface area contributed by atoms with Crippen LogP contribution in [0.5, 0.6) is 5.88 Å². The number of carbonyl (C=O) groups is 2. The van der Waals surface area contributed by atoms with Gasteiger partial charge < -0.3 is 36.1 Å². The molecule has 5 N–H and O–H groups in total. The first-order valence-corrected chi connectivity index (χ1v) is 14.5. The number of carbonyl (C=O) groups excluding carboxylic acids is 2. The Hall–Kier alpha value is -4.85. The lowest BCUT2D eigenvalue weighted by atomic mass is 10.1. The van der Waals surface area contributed by atoms with Gasteiger partial charge in [-0.2, -0.15) is 19.0 Å². The van der Waals surface area contributed by atoms with Gasteiger partial charge in [-0.15, -0.1) is 0 Å². The molecule has 0 unspecified atom stereocenters. The molecule has 0 fully saturated rings. The second-order valence-electron chi connectivity index (χ2n) is 10.7. The maximum atomic E-state index is 15.7. The molecule has 2 aromatic heterocycles. The van der Waals surface area contributed by atoms with Crippen molar-refractivity contribution in [3.8, 4) is 5.88 Å². The molecule has 12 nitrogen and oxygen atoms in total. The fourth-order valence-electron chi connectivity index (χ4n) is 4.24. The topological polar surface area (TPSA) is 148 Å². The summed E-state index contributed by atoms with van der Waals surface area (Å²) < 4.78 is 28.1. The van der Waals surface area contributed by atoms with Crippen LogP contribution in [-0.4, -0.2) is 78.3 Å². The van der Waals surface area contributed by atoms with Crippen molar-refractivity contribution in [3.63, 3.8) is 0 Å². The lowest BCUT2D eigenvalue weighted by Gasteiger charge is -2.15. The van der Waals surface area contributed by atoms with Gasteiger partial charge in [-0.05, 0) is 62.5 Å². The maximum Gasteiger partial charge on any atom is 0.256 e. The van der Waals surface area contributed by atoms with Crippen LogP contribution >= 0.6 is 0 Å². The summed E-state index contributed by atoms with van der Waals surface area (Å²) >= 11 is 0. The molecule has 2 aromatic carbocycles. The van der Waals surface area contributed by atoms with Crippen LogP contribution < -0.4 is 26.4 Å². The zero-order valence-corrected chi connectivity index (χ0v) is 25.8. The number of hydrogen-bond acceptors (Lipinski definition) is 9. The third-order valence-electron chi connectivity index (χ3n) is 6.47. The molecule has 4 aromatic rings. The molecular formula is C32H39FN8O4. The smallest absolute Gasteiger partial charge is 0.256 e. The van der Waals surface area contributed by atoms with Crippen LogP contribution in [0.1, 0.15) is 35.7 Å². The van der Waals surface area contributed by atoms with Crippen molar-refractivity contribution in [1.29, 1.82) is 0 Å². The third-order valence-corrected chi connectivity index (χ3v) is 6.47. The van der Waals surface area contributed by atoms with E-state index in [-0.39, 0.29) is 42.6 Å². The Morgan fingerprint density at radius 2 is 1.80 bits per heavy atom. The predicted octanol–water partition coefficient (Wildman–Crippen LogP) is 4.40. The first-order chi connectivity index (χ1) is 21.7. The van der Waals surface area contributed by atoms with Crippen molar-refractivity contribution in [2.24, 2.45) is 5.73 Å². The van der Waals surface area contributed by atoms with Crippen LogP contribution in [0.2, 0.25) is 0 Å². The highest BCUT2D eigenvalue weighted by atomic mass is 19.1. The number of rotatable bonds is 15. The number of nitrogens with zero attached hydrogens (tertiary/aromatic N) is 4. The Labute approximate surface area is 261 Å². The number of amides is 2. The lowest BCUT2D eigenvalue weighted by molar-refractivity contribution is -0.111. The van der Waals surface area contributed by atoms with E-state index < -0.39 is 5.82 Å². The number of hydrogen-bond donors (Lipinski definition) is 4. The summed E-state index contributed by atoms with van der Waals surface area (Å²) in [6.07, 6.45) is 4.88. The Bertz CT molecular complexity index is 1640. The molecule has 0 bridgehead atoms. The van der Waals surface area contributed by atoms with Crippen molar-refractivity contribution in [1.82, 2.24) is 19.5 Å². The second kappa shape index (κ2) is 15.7. The molecule has 2 heterocycles. The minimum Gasteiger partial charge on any atom is -0.473 e. The van der Waals surface area contributed by atoms with Gasteiger partial charge in [-0.25, -0.2) is 0 Å². The van der Waals surface area contributed by atoms with E-state index in [1.54, 1.807) is 60.8 Å². The number of ether oxygens (including phenoxy) is 2. The summed E-state index contributed by atoms with van der Waals surface area (Å²) in [4.78, 5) is 31.4. The van der Waals surface area contributed by atoms with E-state index in [9.17, 15) is 9.59 Å². The standard InChI is InChI=1S/C32H39FN8O4/c1-21(2)26-20-35-41-29(26)39-32(45-18-17-44-16-14-34)28(33)30(41)37-24-7-5-8-25(19-24)38-31(43)22-10-12-23(13-11-22)36-27(42)9-6-15-40(3)4/h5-13,19-21,37H,14-18,34H2,1-4H3,(H,36,42)(H,38,43)/b9-6+. The van der Waals surface area contributed by atoms with Gasteiger partial charge >= 0.3 is 0 Å². The molecule has 2 amide bonds. The molecule has 13 heteroatoms. The number of aromatic nitrogens is 3. The van der Waals surface area contributed by atoms with Gasteiger partial charge in [0.1, 0.15) is 6.61 Å². The highest BCUT2D eigenvalue weighted by molar-refractivity contribution is 6.05. The maximum absolute atomic E-state index is 15.7. The Kier molecular flexibility index (Phi) is 11.6. The highest BCUT2D eigenvalue weighted by Crippen LogP contribution is 2.31. The first-order valence-electron chi connectivity index (χ1n) is 14.5. The van der Waals surface area contributed by atoms with Gasteiger partial charge in [-0.3, -0.25) is 9.59 Å². The molecule has 0 saturated carbocycles. The minimum atomic E-state index is -0.727. The minimum absolute atomic E-state index is 0.0300. The Morgan fingerprint density at radius 1 is 1.04 bits per heavy atom. The summed E-state index contributed by atoms with van der Waals surface area (Å²) in [5.74, 6) is -1.40. The van der Waals surface area contributed by atoms with Crippen LogP contribution in [0.3, 0.4) is 0 Å². The summed E-state index contributed by atoms with van der Waals surface area (Å²) in [5.41, 5.74) is 8.67. The molecule has 0 aliphatic rings. The normalized spacial score (nSPS) is 11.5. The van der Waals surface area contributed by atoms with E-state index in [1.165, 1.54) is 10.6 Å². The van der Waals surface area contributed by atoms with E-state index in [4.69, 9.17) is 15.2 Å². The van der Waals surface area contributed by atoms with Crippen molar-refractivity contribution >= 4 is 40.3 Å². The van der Waals surface area contributed by atoms with E-state index >= 15 is 4.39 Å². The fraction of sp³-hybridized carbons (Fsp3) is 0.312. The highest BCUT2D eigenvalue weighted by Gasteiger charge is 2.21. The summed E-state index contributed by atoms with van der Waals surface area (Å²) in [5, 5.41) is 13.1. The number of likely N-dealkylation sites (N-methyl/N-ethyl adjacent to an activating group) is 1. The lowest BCUT2D eigenvalue weighted by Crippen LogP contribution is -2.15. The monoisotopic (exact) mass is 618 g/mol. The SMILES string of the molecule is CC(C)c1cnn2c(Nc3cccc(NC(=O)c4ccc(NC(=O)/C=C/CN(C)C)cc4)c3)c(F)c(OCCOCCN)nc12. The van der Waals surface area contributed by atoms with Crippen molar-refractivity contribution in [2.75, 3.05) is 63.0 Å². The van der Waals surface area contributed by atoms with Crippen molar-refractivity contribution in [2.45, 2.75) is 19.8 Å². The number of halogens is 1. The quantitative estimate of drug-likeness (QED) is 0.112. The van der Waals surface area contributed by atoms with Crippen LogP contribution in [0, 0.1) is 5.82 Å². The van der Waals surface area contributed by atoms with Gasteiger partial charge in [0, 0.05) is 47.4 Å². The number of nitrogens with two attached hydrogens (primary N) is 1. The van der Waals surface area contributed by atoms with Crippen LogP contribution in [0.15, 0.2) is 66.9 Å². The zero-order valence-electron chi connectivity index (χ0n) is 25.8. The first kappa shape index (κ1) is 33.1. The summed E-state index contributed by atoms with van der Waals surface area (Å²) in [6, 6.07) is 13.4. The summed E-state index contributed by atoms with van der Waals surface area (Å²) in [7, 11) is 3.82. The molecule has 4 rings (SSSR count). The van der Waals surface area contributed by atoms with E-state index in [0.29, 0.717) is 48.0 Å².